The van der Waals surface area contributed by atoms with Gasteiger partial charge < -0.3 is 4.74 Å². The molecule has 3 rings (SSSR count). The van der Waals surface area contributed by atoms with Gasteiger partial charge in [0.05, 0.1) is 30.0 Å². The third kappa shape index (κ3) is 4.71. The quantitative estimate of drug-likeness (QED) is 0.391. The molecule has 1 aromatic heterocycles. The Labute approximate surface area is 168 Å². The molecule has 0 saturated carbocycles. The lowest BCUT2D eigenvalue weighted by molar-refractivity contribution is -0.385. The summed E-state index contributed by atoms with van der Waals surface area (Å²) in [6.45, 7) is 0.943. The first-order chi connectivity index (χ1) is 12.9. The van der Waals surface area contributed by atoms with Crippen LogP contribution in [0.3, 0.4) is 0 Å². The number of hydrogen-bond donors (Lipinski definition) is 1. The van der Waals surface area contributed by atoms with Crippen LogP contribution in [0.2, 0.25) is 0 Å². The van der Waals surface area contributed by atoms with Crippen LogP contribution in [0, 0.1) is 10.1 Å². The Morgan fingerprint density at radius 2 is 2.07 bits per heavy atom. The second-order valence-electron chi connectivity index (χ2n) is 5.49. The van der Waals surface area contributed by atoms with Crippen molar-refractivity contribution < 1.29 is 18.1 Å². The first kappa shape index (κ1) is 19.9. The van der Waals surface area contributed by atoms with Gasteiger partial charge in [-0.05, 0) is 28.1 Å². The maximum absolute atomic E-state index is 13.0. The molecule has 27 heavy (non-hydrogen) atoms. The number of thiophene rings is 1. The van der Waals surface area contributed by atoms with Crippen LogP contribution in [0.15, 0.2) is 44.1 Å². The smallest absolute Gasteiger partial charge is 0.270 e. The molecule has 1 saturated heterocycles. The van der Waals surface area contributed by atoms with E-state index in [1.807, 2.05) is 11.4 Å². The molecule has 144 valence electrons. The van der Waals surface area contributed by atoms with Gasteiger partial charge >= 0.3 is 0 Å². The van der Waals surface area contributed by atoms with Crippen molar-refractivity contribution >= 4 is 54.9 Å². The van der Waals surface area contributed by atoms with Crippen LogP contribution >= 0.6 is 27.3 Å². The number of morpholine rings is 1. The van der Waals surface area contributed by atoms with E-state index >= 15 is 0 Å². The lowest BCUT2D eigenvalue weighted by atomic mass is 10.3. The average molecular weight is 475 g/mol. The number of ether oxygens (including phenoxy) is 1. The number of benzene rings is 1. The molecule has 0 radical (unpaired) electrons. The third-order valence-electron chi connectivity index (χ3n) is 3.73. The molecule has 1 aromatic carbocycles. The highest BCUT2D eigenvalue weighted by atomic mass is 79.9. The molecule has 0 amide bonds. The normalized spacial score (nSPS) is 15.9. The first-order valence-electron chi connectivity index (χ1n) is 7.77. The van der Waals surface area contributed by atoms with E-state index in [2.05, 4.69) is 26.5 Å². The largest absolute Gasteiger partial charge is 0.379 e. The molecule has 1 fully saturated rings. The van der Waals surface area contributed by atoms with E-state index in [1.165, 1.54) is 27.8 Å². The Morgan fingerprint density at radius 3 is 2.70 bits per heavy atom. The van der Waals surface area contributed by atoms with E-state index in [-0.39, 0.29) is 42.6 Å². The number of non-ortho nitro benzene ring substituents is 1. The summed E-state index contributed by atoms with van der Waals surface area (Å²) in [5, 5.41) is 17.0. The monoisotopic (exact) mass is 474 g/mol. The van der Waals surface area contributed by atoms with Gasteiger partial charge in [-0.15, -0.1) is 11.3 Å². The number of nitro benzene ring substituents is 1. The molecular weight excluding hydrogens is 460 g/mol. The molecule has 0 spiro atoms. The van der Waals surface area contributed by atoms with Gasteiger partial charge in [-0.1, -0.05) is 0 Å². The number of nitro groups is 1. The van der Waals surface area contributed by atoms with Crippen LogP contribution in [0.5, 0.6) is 0 Å². The lowest BCUT2D eigenvalue weighted by Crippen LogP contribution is -2.40. The van der Waals surface area contributed by atoms with Crippen molar-refractivity contribution in [3.05, 3.63) is 49.1 Å². The van der Waals surface area contributed by atoms with Crippen molar-refractivity contribution in [2.45, 2.75) is 4.90 Å². The first-order valence-corrected chi connectivity index (χ1v) is 10.9. The van der Waals surface area contributed by atoms with Gasteiger partial charge in [-0.2, -0.15) is 9.41 Å². The summed E-state index contributed by atoms with van der Waals surface area (Å²) in [4.78, 5) is 11.1. The summed E-state index contributed by atoms with van der Waals surface area (Å²) in [7, 11) is -3.93. The number of hydrogen-bond acceptors (Lipinski definition) is 8. The minimum Gasteiger partial charge on any atom is -0.379 e. The summed E-state index contributed by atoms with van der Waals surface area (Å²) in [5.41, 5.74) is 2.54. The van der Waals surface area contributed by atoms with Crippen molar-refractivity contribution in [1.82, 2.24) is 4.31 Å². The zero-order chi connectivity index (χ0) is 19.4. The van der Waals surface area contributed by atoms with Crippen LogP contribution in [-0.4, -0.2) is 50.2 Å². The topological polar surface area (TPSA) is 114 Å². The van der Waals surface area contributed by atoms with Gasteiger partial charge in [-0.3, -0.25) is 15.5 Å². The minimum atomic E-state index is -3.93. The molecule has 9 nitrogen and oxygen atoms in total. The van der Waals surface area contributed by atoms with Crippen LogP contribution in [0.25, 0.3) is 0 Å². The number of nitrogens with zero attached hydrogens (tertiary/aromatic N) is 3. The second-order valence-corrected chi connectivity index (χ2v) is 9.26. The number of nitrogens with one attached hydrogen (secondary N) is 1. The summed E-state index contributed by atoms with van der Waals surface area (Å²) >= 11 is 4.80. The summed E-state index contributed by atoms with van der Waals surface area (Å²) < 4.78 is 33.3. The zero-order valence-electron chi connectivity index (χ0n) is 13.9. The van der Waals surface area contributed by atoms with Gasteiger partial charge in [-0.25, -0.2) is 8.42 Å². The number of sulfonamides is 1. The SMILES string of the molecule is O=[N+]([O-])c1ccc(N/N=C/c2cc(Br)cs2)c(S(=O)(=O)N2CCOCC2)c1. The highest BCUT2D eigenvalue weighted by molar-refractivity contribution is 9.10. The van der Waals surface area contributed by atoms with E-state index in [0.29, 0.717) is 0 Å². The standard InChI is InChI=1S/C15H15BrN4O5S2/c16-11-7-13(26-10-11)9-17-18-14-2-1-12(20(21)22)8-15(14)27(23,24)19-3-5-25-6-4-19/h1-2,7-10,18H,3-6H2/b17-9+. The number of halogens is 1. The predicted molar refractivity (Wildman–Crippen MR) is 106 cm³/mol. The average Bonchev–Trinajstić information content (AvgIpc) is 3.07. The molecule has 0 atom stereocenters. The van der Waals surface area contributed by atoms with Gasteiger partial charge in [0.15, 0.2) is 0 Å². The van der Waals surface area contributed by atoms with E-state index in [4.69, 9.17) is 4.74 Å². The molecule has 0 aliphatic carbocycles. The van der Waals surface area contributed by atoms with Crippen LogP contribution < -0.4 is 5.43 Å². The highest BCUT2D eigenvalue weighted by Gasteiger charge is 2.30. The Morgan fingerprint density at radius 1 is 1.33 bits per heavy atom. The highest BCUT2D eigenvalue weighted by Crippen LogP contribution is 2.29. The summed E-state index contributed by atoms with van der Waals surface area (Å²) in [6.07, 6.45) is 1.54. The Hall–Kier alpha value is -1.86. The van der Waals surface area contributed by atoms with E-state index in [0.717, 1.165) is 15.4 Å². The Kier molecular flexibility index (Phi) is 6.22. The Bertz CT molecular complexity index is 970. The molecule has 1 aliphatic heterocycles. The molecule has 2 aromatic rings. The van der Waals surface area contributed by atoms with E-state index in [1.54, 1.807) is 6.21 Å². The second kappa shape index (κ2) is 8.44. The maximum atomic E-state index is 13.0. The van der Waals surface area contributed by atoms with Crippen LogP contribution in [-0.2, 0) is 14.8 Å². The molecule has 2 heterocycles. The van der Waals surface area contributed by atoms with Crippen molar-refractivity contribution in [3.63, 3.8) is 0 Å². The summed E-state index contributed by atoms with van der Waals surface area (Å²) in [6, 6.07) is 5.48. The predicted octanol–water partition coefficient (Wildman–Crippen LogP) is 2.89. The van der Waals surface area contributed by atoms with E-state index in [9.17, 15) is 18.5 Å². The lowest BCUT2D eigenvalue weighted by Gasteiger charge is -2.26. The summed E-state index contributed by atoms with van der Waals surface area (Å²) in [5.74, 6) is 0. The van der Waals surface area contributed by atoms with Crippen LogP contribution in [0.1, 0.15) is 4.88 Å². The van der Waals surface area contributed by atoms with Crippen molar-refractivity contribution in [2.75, 3.05) is 31.7 Å². The van der Waals surface area contributed by atoms with Gasteiger partial charge in [0, 0.05) is 40.0 Å². The number of hydrazone groups is 1. The fourth-order valence-electron chi connectivity index (χ4n) is 2.42. The van der Waals surface area contributed by atoms with Crippen molar-refractivity contribution in [2.24, 2.45) is 5.10 Å². The fourth-order valence-corrected chi connectivity index (χ4v) is 5.29. The molecule has 1 aliphatic rings. The van der Waals surface area contributed by atoms with Gasteiger partial charge in [0.1, 0.15) is 4.90 Å². The molecular formula is C15H15BrN4O5S2. The molecule has 12 heteroatoms. The van der Waals surface area contributed by atoms with E-state index < -0.39 is 14.9 Å². The fraction of sp³-hybridized carbons (Fsp3) is 0.267. The molecule has 0 unspecified atom stereocenters. The molecule has 1 N–H and O–H groups in total. The van der Waals surface area contributed by atoms with Gasteiger partial charge in [0.25, 0.3) is 5.69 Å². The minimum absolute atomic E-state index is 0.166. The van der Waals surface area contributed by atoms with Crippen molar-refractivity contribution in [1.29, 1.82) is 0 Å². The zero-order valence-corrected chi connectivity index (χ0v) is 17.1. The number of anilines is 1. The van der Waals surface area contributed by atoms with Crippen LogP contribution in [0.4, 0.5) is 11.4 Å². The Balaban J connectivity index is 1.93. The third-order valence-corrected chi connectivity index (χ3v) is 7.30. The maximum Gasteiger partial charge on any atom is 0.270 e. The number of rotatable bonds is 6. The molecule has 0 bridgehead atoms. The van der Waals surface area contributed by atoms with Gasteiger partial charge in [0.2, 0.25) is 10.0 Å². The van der Waals surface area contributed by atoms with Crippen molar-refractivity contribution in [3.8, 4) is 0 Å².